The van der Waals surface area contributed by atoms with Gasteiger partial charge in [0.1, 0.15) is 17.6 Å². The summed E-state index contributed by atoms with van der Waals surface area (Å²) < 4.78 is 6.33. The number of ether oxygens (including phenoxy) is 1. The Labute approximate surface area is 145 Å². The van der Waals surface area contributed by atoms with Gasteiger partial charge in [0.25, 0.3) is 0 Å². The maximum atomic E-state index is 11.8. The second-order valence-corrected chi connectivity index (χ2v) is 7.23. The molecule has 24 heavy (non-hydrogen) atoms. The maximum absolute atomic E-state index is 11.8. The Hall–Kier alpha value is -1.39. The molecule has 2 N–H and O–H groups in total. The number of fused-ring (bicyclic) bond motifs is 1. The largest absolute Gasteiger partial charge is 0.489 e. The van der Waals surface area contributed by atoms with Crippen LogP contribution in [0.1, 0.15) is 43.7 Å². The van der Waals surface area contributed by atoms with E-state index in [1.165, 1.54) is 24.0 Å². The van der Waals surface area contributed by atoms with Crippen molar-refractivity contribution in [2.45, 2.75) is 57.6 Å². The highest BCUT2D eigenvalue weighted by Crippen LogP contribution is 2.34. The molecule has 4 heteroatoms. The van der Waals surface area contributed by atoms with Crippen LogP contribution in [0.15, 0.2) is 18.2 Å². The van der Waals surface area contributed by atoms with Crippen LogP contribution in [-0.4, -0.2) is 38.1 Å². The molecule has 1 aliphatic carbocycles. The van der Waals surface area contributed by atoms with Crippen LogP contribution in [0.5, 0.6) is 5.75 Å². The molecule has 0 radical (unpaired) electrons. The lowest BCUT2D eigenvalue weighted by molar-refractivity contribution is -0.119. The molecule has 4 nitrogen and oxygen atoms in total. The number of Topliss-reactive ketones (excluding diaryl/α,β-unsaturated/α-hetero) is 1. The van der Waals surface area contributed by atoms with Crippen molar-refractivity contribution in [3.63, 3.8) is 0 Å². The fourth-order valence-corrected chi connectivity index (χ4v) is 3.65. The van der Waals surface area contributed by atoms with Gasteiger partial charge in [-0.1, -0.05) is 18.2 Å². The molecule has 0 aromatic heterocycles. The monoisotopic (exact) mass is 330 g/mol. The van der Waals surface area contributed by atoms with E-state index in [1.807, 2.05) is 7.05 Å². The molecular weight excluding hydrogens is 300 g/mol. The van der Waals surface area contributed by atoms with E-state index in [-0.39, 0.29) is 17.9 Å². The number of hydrogen-bond donors (Lipinski definition) is 2. The molecule has 3 rings (SSSR count). The molecule has 1 fully saturated rings. The Kier molecular flexibility index (Phi) is 5.90. The third-order valence-electron chi connectivity index (χ3n) is 5.17. The molecule has 2 atom stereocenters. The maximum Gasteiger partial charge on any atom is 0.146 e. The summed E-state index contributed by atoms with van der Waals surface area (Å²) in [4.78, 5) is 11.8. The predicted molar refractivity (Wildman–Crippen MR) is 96.6 cm³/mol. The van der Waals surface area contributed by atoms with Crippen LogP contribution in [0, 0.1) is 5.92 Å². The van der Waals surface area contributed by atoms with Crippen molar-refractivity contribution >= 4 is 5.78 Å². The number of nitrogens with one attached hydrogen (secondary N) is 2. The van der Waals surface area contributed by atoms with E-state index in [1.54, 1.807) is 6.92 Å². The van der Waals surface area contributed by atoms with Crippen molar-refractivity contribution in [2.75, 3.05) is 20.1 Å². The van der Waals surface area contributed by atoms with Crippen molar-refractivity contribution in [1.82, 2.24) is 10.6 Å². The number of para-hydroxylation sites is 1. The summed E-state index contributed by atoms with van der Waals surface area (Å²) in [6.45, 7) is 3.49. The van der Waals surface area contributed by atoms with Gasteiger partial charge < -0.3 is 15.4 Å². The van der Waals surface area contributed by atoms with Gasteiger partial charge in [-0.25, -0.2) is 0 Å². The summed E-state index contributed by atoms with van der Waals surface area (Å²) in [6.07, 6.45) is 6.78. The zero-order chi connectivity index (χ0) is 16.9. The van der Waals surface area contributed by atoms with E-state index in [9.17, 15) is 4.79 Å². The normalized spacial score (nSPS) is 21.0. The van der Waals surface area contributed by atoms with Gasteiger partial charge in [0.05, 0.1) is 6.04 Å². The Bertz CT molecular complexity index is 569. The molecule has 0 saturated heterocycles. The lowest BCUT2D eigenvalue weighted by atomic mass is 9.97. The molecule has 1 heterocycles. The van der Waals surface area contributed by atoms with Gasteiger partial charge in [0.15, 0.2) is 0 Å². The quantitative estimate of drug-likeness (QED) is 0.683. The van der Waals surface area contributed by atoms with Gasteiger partial charge in [-0.2, -0.15) is 0 Å². The number of carbonyl (C=O) groups is 1. The third-order valence-corrected chi connectivity index (χ3v) is 5.17. The molecular formula is C20H30N2O2. The number of benzene rings is 1. The number of rotatable bonds is 9. The van der Waals surface area contributed by atoms with Crippen molar-refractivity contribution < 1.29 is 9.53 Å². The van der Waals surface area contributed by atoms with E-state index in [4.69, 9.17) is 4.74 Å². The smallest absolute Gasteiger partial charge is 0.146 e. The fraction of sp³-hybridized carbons (Fsp3) is 0.650. The number of carbonyl (C=O) groups excluding carboxylic acids is 1. The topological polar surface area (TPSA) is 50.4 Å². The van der Waals surface area contributed by atoms with Crippen LogP contribution in [0.2, 0.25) is 0 Å². The number of hydrogen-bond acceptors (Lipinski definition) is 4. The summed E-state index contributed by atoms with van der Waals surface area (Å²) in [6, 6.07) is 6.55. The Morgan fingerprint density at radius 1 is 1.33 bits per heavy atom. The first-order valence-electron chi connectivity index (χ1n) is 9.35. The van der Waals surface area contributed by atoms with Gasteiger partial charge >= 0.3 is 0 Å². The lowest BCUT2D eigenvalue weighted by Crippen LogP contribution is -2.44. The van der Waals surface area contributed by atoms with E-state index in [2.05, 4.69) is 28.8 Å². The Balaban J connectivity index is 1.59. The molecule has 0 bridgehead atoms. The second-order valence-electron chi connectivity index (χ2n) is 7.23. The van der Waals surface area contributed by atoms with Crippen LogP contribution in [-0.2, 0) is 17.6 Å². The molecule has 2 aliphatic rings. The minimum atomic E-state index is 0.0286. The molecule has 1 aromatic carbocycles. The molecule has 1 aromatic rings. The fourth-order valence-electron chi connectivity index (χ4n) is 3.65. The second kappa shape index (κ2) is 8.13. The molecule has 1 aliphatic heterocycles. The molecule has 1 saturated carbocycles. The zero-order valence-corrected chi connectivity index (χ0v) is 14.9. The highest BCUT2D eigenvalue weighted by Gasteiger charge is 2.34. The van der Waals surface area contributed by atoms with Gasteiger partial charge in [-0.15, -0.1) is 0 Å². The summed E-state index contributed by atoms with van der Waals surface area (Å²) in [5.74, 6) is 1.91. The summed E-state index contributed by atoms with van der Waals surface area (Å²) >= 11 is 0. The van der Waals surface area contributed by atoms with E-state index < -0.39 is 0 Å². The van der Waals surface area contributed by atoms with Gasteiger partial charge in [-0.05, 0) is 76.1 Å². The van der Waals surface area contributed by atoms with Gasteiger partial charge in [0.2, 0.25) is 0 Å². The Morgan fingerprint density at radius 3 is 2.88 bits per heavy atom. The zero-order valence-electron chi connectivity index (χ0n) is 14.9. The average molecular weight is 330 g/mol. The minimum absolute atomic E-state index is 0.0286. The predicted octanol–water partition coefficient (Wildman–Crippen LogP) is 2.49. The van der Waals surface area contributed by atoms with Crippen LogP contribution < -0.4 is 15.4 Å². The highest BCUT2D eigenvalue weighted by atomic mass is 16.5. The SMILES string of the molecule is CNCCCc1cccc2c1OC(CN[C@H](C(C)=O)C1CC1)CC2. The summed E-state index contributed by atoms with van der Waals surface area (Å²) in [7, 11) is 1.99. The van der Waals surface area contributed by atoms with Crippen LogP contribution in [0.4, 0.5) is 0 Å². The van der Waals surface area contributed by atoms with Crippen LogP contribution in [0.25, 0.3) is 0 Å². The third kappa shape index (κ3) is 4.37. The molecule has 1 unspecified atom stereocenters. The number of ketones is 1. The van der Waals surface area contributed by atoms with Crippen LogP contribution >= 0.6 is 0 Å². The lowest BCUT2D eigenvalue weighted by Gasteiger charge is -2.29. The molecule has 0 amide bonds. The van der Waals surface area contributed by atoms with Crippen molar-refractivity contribution in [1.29, 1.82) is 0 Å². The van der Waals surface area contributed by atoms with E-state index >= 15 is 0 Å². The minimum Gasteiger partial charge on any atom is -0.489 e. The summed E-state index contributed by atoms with van der Waals surface area (Å²) in [5, 5.41) is 6.67. The van der Waals surface area contributed by atoms with Crippen molar-refractivity contribution in [3.05, 3.63) is 29.3 Å². The first-order valence-corrected chi connectivity index (χ1v) is 9.35. The van der Waals surface area contributed by atoms with Crippen molar-refractivity contribution in [3.8, 4) is 5.75 Å². The number of aryl methyl sites for hydroxylation is 2. The molecule has 0 spiro atoms. The first-order chi connectivity index (χ1) is 11.7. The van der Waals surface area contributed by atoms with Gasteiger partial charge in [0, 0.05) is 6.54 Å². The molecule has 132 valence electrons. The van der Waals surface area contributed by atoms with Crippen molar-refractivity contribution in [2.24, 2.45) is 5.92 Å². The standard InChI is InChI=1S/C20H30N2O2/c1-14(23)19(15-8-9-15)22-13-18-11-10-17-6-3-5-16(20(17)24-18)7-4-12-21-2/h3,5-6,15,18-19,21-22H,4,7-13H2,1-2H3/t18?,19-/m1/s1. The van der Waals surface area contributed by atoms with Gasteiger partial charge in [-0.3, -0.25) is 4.79 Å². The highest BCUT2D eigenvalue weighted by molar-refractivity contribution is 5.82. The average Bonchev–Trinajstić information content (AvgIpc) is 3.40. The first kappa shape index (κ1) is 17.4. The van der Waals surface area contributed by atoms with Crippen LogP contribution in [0.3, 0.4) is 0 Å². The van der Waals surface area contributed by atoms with E-state index in [0.29, 0.717) is 5.92 Å². The van der Waals surface area contributed by atoms with E-state index in [0.717, 1.165) is 44.5 Å². The summed E-state index contributed by atoms with van der Waals surface area (Å²) in [5.41, 5.74) is 2.65. The Morgan fingerprint density at radius 2 is 2.17 bits per heavy atom.